The molecule has 4 aromatic rings. The molecule has 0 unspecified atom stereocenters. The minimum absolute atomic E-state index is 0.309. The second-order valence-electron chi connectivity index (χ2n) is 6.65. The predicted molar refractivity (Wildman–Crippen MR) is 107 cm³/mol. The summed E-state index contributed by atoms with van der Waals surface area (Å²) < 4.78 is 17.9. The van der Waals surface area contributed by atoms with Gasteiger partial charge in [-0.15, -0.1) is 5.10 Å². The van der Waals surface area contributed by atoms with E-state index < -0.39 is 0 Å². The van der Waals surface area contributed by atoms with E-state index >= 15 is 0 Å². The van der Waals surface area contributed by atoms with Crippen molar-refractivity contribution >= 4 is 0 Å². The molecule has 8 nitrogen and oxygen atoms in total. The molecule has 0 aliphatic heterocycles. The van der Waals surface area contributed by atoms with Crippen LogP contribution in [0.25, 0.3) is 28.7 Å². The molecule has 0 saturated carbocycles. The predicted octanol–water partition coefficient (Wildman–Crippen LogP) is 3.93. The van der Waals surface area contributed by atoms with Gasteiger partial charge in [0.15, 0.2) is 17.2 Å². The Hall–Kier alpha value is -3.68. The Morgan fingerprint density at radius 3 is 2.52 bits per heavy atom. The second kappa shape index (κ2) is 7.38. The summed E-state index contributed by atoms with van der Waals surface area (Å²) in [5, 5.41) is 12.7. The number of benzene rings is 2. The molecule has 2 heterocycles. The van der Waals surface area contributed by atoms with Crippen molar-refractivity contribution in [1.29, 1.82) is 0 Å². The smallest absolute Gasteiger partial charge is 0.280 e. The molecule has 0 saturated heterocycles. The maximum Gasteiger partial charge on any atom is 0.280 e. The molecule has 0 spiro atoms. The maximum absolute atomic E-state index is 5.47. The number of nitrogens with zero attached hydrogens (tertiary/aromatic N) is 5. The summed E-state index contributed by atoms with van der Waals surface area (Å²) in [6, 6.07) is 11.5. The van der Waals surface area contributed by atoms with Crippen molar-refractivity contribution in [3.05, 3.63) is 53.2 Å². The quantitative estimate of drug-likeness (QED) is 0.509. The highest BCUT2D eigenvalue weighted by atomic mass is 16.5. The van der Waals surface area contributed by atoms with Crippen LogP contribution in [-0.4, -0.2) is 39.4 Å². The fourth-order valence-electron chi connectivity index (χ4n) is 3.13. The van der Waals surface area contributed by atoms with Crippen molar-refractivity contribution in [2.24, 2.45) is 0 Å². The minimum Gasteiger partial charge on any atom is -0.493 e. The van der Waals surface area contributed by atoms with Crippen LogP contribution in [0.1, 0.15) is 16.8 Å². The number of rotatable bonds is 5. The molecular formula is C21H21N5O3. The average Bonchev–Trinajstić information content (AvgIpc) is 3.36. The van der Waals surface area contributed by atoms with Crippen LogP contribution >= 0.6 is 0 Å². The highest BCUT2D eigenvalue weighted by Crippen LogP contribution is 2.32. The fraction of sp³-hybridized carbons (Fsp3) is 0.238. The van der Waals surface area contributed by atoms with E-state index in [2.05, 4.69) is 40.4 Å². The molecule has 4 rings (SSSR count). The van der Waals surface area contributed by atoms with E-state index in [0.29, 0.717) is 28.9 Å². The number of hydrogen-bond acceptors (Lipinski definition) is 7. The Labute approximate surface area is 168 Å². The van der Waals surface area contributed by atoms with Gasteiger partial charge < -0.3 is 14.0 Å². The van der Waals surface area contributed by atoms with Crippen molar-refractivity contribution < 1.29 is 14.0 Å². The first-order chi connectivity index (χ1) is 14.0. The first kappa shape index (κ1) is 18.7. The van der Waals surface area contributed by atoms with E-state index in [0.717, 1.165) is 22.5 Å². The van der Waals surface area contributed by atoms with Crippen molar-refractivity contribution in [1.82, 2.24) is 25.1 Å². The van der Waals surface area contributed by atoms with Gasteiger partial charge in [-0.1, -0.05) is 22.5 Å². The van der Waals surface area contributed by atoms with Crippen molar-refractivity contribution in [3.8, 4) is 40.2 Å². The molecule has 0 bridgehead atoms. The van der Waals surface area contributed by atoms with Crippen LogP contribution in [0.4, 0.5) is 0 Å². The van der Waals surface area contributed by atoms with E-state index in [1.807, 2.05) is 25.1 Å². The van der Waals surface area contributed by atoms with Crippen LogP contribution in [0.2, 0.25) is 0 Å². The highest BCUT2D eigenvalue weighted by Gasteiger charge is 2.20. The van der Waals surface area contributed by atoms with Crippen LogP contribution in [0.3, 0.4) is 0 Å². The summed E-state index contributed by atoms with van der Waals surface area (Å²) in [7, 11) is 3.17. The summed E-state index contributed by atoms with van der Waals surface area (Å²) in [4.78, 5) is 4.50. The number of hydrogen-bond donors (Lipinski definition) is 0. The average molecular weight is 391 g/mol. The summed E-state index contributed by atoms with van der Waals surface area (Å²) in [5.74, 6) is 1.96. The maximum atomic E-state index is 5.47. The normalized spacial score (nSPS) is 10.9. The topological polar surface area (TPSA) is 88.1 Å². The molecule has 8 heteroatoms. The van der Waals surface area contributed by atoms with Gasteiger partial charge in [-0.05, 0) is 56.2 Å². The van der Waals surface area contributed by atoms with Gasteiger partial charge in [0.25, 0.3) is 5.89 Å². The molecule has 29 heavy (non-hydrogen) atoms. The number of methoxy groups -OCH3 is 2. The highest BCUT2D eigenvalue weighted by molar-refractivity contribution is 5.63. The molecule has 0 aliphatic carbocycles. The summed E-state index contributed by atoms with van der Waals surface area (Å²) in [6.45, 7) is 6.06. The van der Waals surface area contributed by atoms with E-state index in [4.69, 9.17) is 14.0 Å². The Morgan fingerprint density at radius 2 is 1.76 bits per heavy atom. The Bertz CT molecular complexity index is 1180. The Kier molecular flexibility index (Phi) is 4.75. The lowest BCUT2D eigenvalue weighted by atomic mass is 10.1. The largest absolute Gasteiger partial charge is 0.493 e. The number of ether oxygens (including phenoxy) is 2. The zero-order valence-corrected chi connectivity index (χ0v) is 16.9. The lowest BCUT2D eigenvalue weighted by Gasteiger charge is -2.09. The molecule has 0 radical (unpaired) electrons. The SMILES string of the molecule is COc1ccc(-c2noc(-c3nnn(-c4cccc(C)c4C)c3C)n2)cc1OC. The van der Waals surface area contributed by atoms with Gasteiger partial charge in [-0.25, -0.2) is 4.68 Å². The van der Waals surface area contributed by atoms with Crippen LogP contribution in [0, 0.1) is 20.8 Å². The summed E-state index contributed by atoms with van der Waals surface area (Å²) in [6.07, 6.45) is 0. The molecule has 2 aromatic carbocycles. The third-order valence-corrected chi connectivity index (χ3v) is 4.97. The first-order valence-electron chi connectivity index (χ1n) is 9.09. The van der Waals surface area contributed by atoms with Gasteiger partial charge in [0.2, 0.25) is 5.82 Å². The Balaban J connectivity index is 1.71. The summed E-state index contributed by atoms with van der Waals surface area (Å²) in [5.41, 5.74) is 5.42. The lowest BCUT2D eigenvalue weighted by molar-refractivity contribution is 0.355. The van der Waals surface area contributed by atoms with Crippen molar-refractivity contribution in [2.75, 3.05) is 14.2 Å². The zero-order valence-electron chi connectivity index (χ0n) is 16.9. The standard InChI is InChI=1S/C21H21N5O3/c1-12-7-6-8-16(13(12)2)26-14(3)19(23-25-26)21-22-20(24-29-21)15-9-10-17(27-4)18(11-15)28-5/h6-11H,1-5H3. The van der Waals surface area contributed by atoms with E-state index in [9.17, 15) is 0 Å². The van der Waals surface area contributed by atoms with E-state index in [-0.39, 0.29) is 0 Å². The van der Waals surface area contributed by atoms with Gasteiger partial charge in [-0.3, -0.25) is 0 Å². The van der Waals surface area contributed by atoms with Gasteiger partial charge in [0.05, 0.1) is 25.6 Å². The van der Waals surface area contributed by atoms with Crippen LogP contribution < -0.4 is 9.47 Å². The molecule has 0 aliphatic rings. The summed E-state index contributed by atoms with van der Waals surface area (Å²) >= 11 is 0. The van der Waals surface area contributed by atoms with Gasteiger partial charge in [-0.2, -0.15) is 4.98 Å². The first-order valence-corrected chi connectivity index (χ1v) is 9.09. The molecule has 0 N–H and O–H groups in total. The fourth-order valence-corrected chi connectivity index (χ4v) is 3.13. The molecule has 2 aromatic heterocycles. The third-order valence-electron chi connectivity index (χ3n) is 4.97. The molecule has 0 fully saturated rings. The Morgan fingerprint density at radius 1 is 0.966 bits per heavy atom. The number of aromatic nitrogens is 5. The van der Waals surface area contributed by atoms with Crippen LogP contribution in [-0.2, 0) is 0 Å². The second-order valence-corrected chi connectivity index (χ2v) is 6.65. The van der Waals surface area contributed by atoms with E-state index in [1.165, 1.54) is 5.56 Å². The van der Waals surface area contributed by atoms with Crippen molar-refractivity contribution in [3.63, 3.8) is 0 Å². The van der Waals surface area contributed by atoms with E-state index in [1.54, 1.807) is 31.0 Å². The van der Waals surface area contributed by atoms with Crippen molar-refractivity contribution in [2.45, 2.75) is 20.8 Å². The monoisotopic (exact) mass is 391 g/mol. The lowest BCUT2D eigenvalue weighted by Crippen LogP contribution is -2.02. The van der Waals surface area contributed by atoms with Crippen LogP contribution in [0.5, 0.6) is 11.5 Å². The van der Waals surface area contributed by atoms with Gasteiger partial charge in [0.1, 0.15) is 0 Å². The zero-order chi connectivity index (χ0) is 20.5. The molecule has 0 amide bonds. The molecule has 0 atom stereocenters. The third kappa shape index (κ3) is 3.22. The minimum atomic E-state index is 0.309. The molecular weight excluding hydrogens is 370 g/mol. The number of aryl methyl sites for hydroxylation is 1. The van der Waals surface area contributed by atoms with Gasteiger partial charge in [0, 0.05) is 5.56 Å². The van der Waals surface area contributed by atoms with Gasteiger partial charge >= 0.3 is 0 Å². The molecule has 148 valence electrons. The van der Waals surface area contributed by atoms with Crippen LogP contribution in [0.15, 0.2) is 40.9 Å².